The lowest BCUT2D eigenvalue weighted by Crippen LogP contribution is -2.34. The van der Waals surface area contributed by atoms with Crippen molar-refractivity contribution in [3.63, 3.8) is 0 Å². The quantitative estimate of drug-likeness (QED) is 0.232. The molecule has 148 valence electrons. The second-order valence-corrected chi connectivity index (χ2v) is 7.76. The van der Waals surface area contributed by atoms with Crippen LogP contribution in [-0.2, 0) is 15.8 Å². The van der Waals surface area contributed by atoms with E-state index in [2.05, 4.69) is 6.58 Å². The van der Waals surface area contributed by atoms with Crippen molar-refractivity contribution in [2.24, 2.45) is 5.92 Å². The van der Waals surface area contributed by atoms with E-state index in [1.807, 2.05) is 6.08 Å². The highest BCUT2D eigenvalue weighted by Crippen LogP contribution is 2.32. The van der Waals surface area contributed by atoms with E-state index < -0.39 is 11.7 Å². The molecule has 0 aromatic heterocycles. The minimum atomic E-state index is -4.34. The molecule has 1 aliphatic heterocycles. The number of hydrogen-bond donors (Lipinski definition) is 0. The molecule has 0 spiro atoms. The standard InChI is InChI=1S/C20H24F3NO2S/c1-2-3-4-5-6-15(13-24-18(25)11-12-19(24)26)14-27-17-9-7-16(8-10-17)20(21,22)23/h2,7-10,15H,1,3-6,11-14H2. The number of likely N-dealkylation sites (tertiary alicyclic amines) is 1. The van der Waals surface area contributed by atoms with Crippen LogP contribution in [0.3, 0.4) is 0 Å². The zero-order chi connectivity index (χ0) is 19.9. The van der Waals surface area contributed by atoms with E-state index in [1.165, 1.54) is 28.8 Å². The van der Waals surface area contributed by atoms with Crippen molar-refractivity contribution in [2.75, 3.05) is 12.3 Å². The molecular formula is C20H24F3NO2S. The molecule has 1 aromatic rings. The van der Waals surface area contributed by atoms with E-state index in [1.54, 1.807) is 0 Å². The van der Waals surface area contributed by atoms with Crippen molar-refractivity contribution in [1.29, 1.82) is 0 Å². The summed E-state index contributed by atoms with van der Waals surface area (Å²) in [7, 11) is 0. The number of unbranched alkanes of at least 4 members (excludes halogenated alkanes) is 2. The molecule has 1 unspecified atom stereocenters. The van der Waals surface area contributed by atoms with Gasteiger partial charge < -0.3 is 0 Å². The van der Waals surface area contributed by atoms with Crippen LogP contribution in [0.5, 0.6) is 0 Å². The Hall–Kier alpha value is -1.76. The van der Waals surface area contributed by atoms with E-state index in [-0.39, 0.29) is 30.6 Å². The van der Waals surface area contributed by atoms with E-state index >= 15 is 0 Å². The Morgan fingerprint density at radius 2 is 1.74 bits per heavy atom. The summed E-state index contributed by atoms with van der Waals surface area (Å²) >= 11 is 1.46. The van der Waals surface area contributed by atoms with E-state index in [4.69, 9.17) is 0 Å². The fraction of sp³-hybridized carbons (Fsp3) is 0.500. The summed E-state index contributed by atoms with van der Waals surface area (Å²) < 4.78 is 38.0. The van der Waals surface area contributed by atoms with Gasteiger partial charge in [0.05, 0.1) is 5.56 Å². The fourth-order valence-electron chi connectivity index (χ4n) is 2.99. The van der Waals surface area contributed by atoms with Gasteiger partial charge in [0.25, 0.3) is 0 Å². The van der Waals surface area contributed by atoms with Crippen LogP contribution in [0.1, 0.15) is 44.1 Å². The summed E-state index contributed by atoms with van der Waals surface area (Å²) in [6.07, 6.45) is 1.79. The first-order chi connectivity index (χ1) is 12.8. The Bertz CT molecular complexity index is 642. The maximum absolute atomic E-state index is 12.7. The molecule has 1 heterocycles. The van der Waals surface area contributed by atoms with Gasteiger partial charge in [0.2, 0.25) is 11.8 Å². The zero-order valence-corrected chi connectivity index (χ0v) is 16.0. The molecule has 2 rings (SSSR count). The Labute approximate surface area is 162 Å². The van der Waals surface area contributed by atoms with Crippen molar-refractivity contribution in [2.45, 2.75) is 49.6 Å². The first-order valence-electron chi connectivity index (χ1n) is 9.05. The van der Waals surface area contributed by atoms with Crippen LogP contribution in [0.4, 0.5) is 13.2 Å². The second-order valence-electron chi connectivity index (χ2n) is 6.67. The average molecular weight is 399 g/mol. The lowest BCUT2D eigenvalue weighted by atomic mass is 10.0. The maximum Gasteiger partial charge on any atom is 0.416 e. The number of carbonyl (C=O) groups is 2. The number of imide groups is 1. The normalized spacial score (nSPS) is 16.0. The number of rotatable bonds is 10. The van der Waals surface area contributed by atoms with Gasteiger partial charge in [0.1, 0.15) is 0 Å². The van der Waals surface area contributed by atoms with Crippen LogP contribution in [-0.4, -0.2) is 29.0 Å². The van der Waals surface area contributed by atoms with Crippen LogP contribution in [0.15, 0.2) is 41.8 Å². The number of thioether (sulfide) groups is 1. The summed E-state index contributed by atoms with van der Waals surface area (Å²) in [6.45, 7) is 4.09. The van der Waals surface area contributed by atoms with Crippen LogP contribution < -0.4 is 0 Å². The van der Waals surface area contributed by atoms with Crippen LogP contribution in [0.25, 0.3) is 0 Å². The fourth-order valence-corrected chi connectivity index (χ4v) is 4.02. The zero-order valence-electron chi connectivity index (χ0n) is 15.1. The molecule has 0 N–H and O–H groups in total. The van der Waals surface area contributed by atoms with Gasteiger partial charge in [-0.25, -0.2) is 0 Å². The van der Waals surface area contributed by atoms with Crippen molar-refractivity contribution < 1.29 is 22.8 Å². The number of carbonyl (C=O) groups excluding carboxylic acids is 2. The van der Waals surface area contributed by atoms with Gasteiger partial charge in [-0.3, -0.25) is 14.5 Å². The lowest BCUT2D eigenvalue weighted by molar-refractivity contribution is -0.139. The molecule has 3 nitrogen and oxygen atoms in total. The highest BCUT2D eigenvalue weighted by atomic mass is 32.2. The summed E-state index contributed by atoms with van der Waals surface area (Å²) in [4.78, 5) is 25.8. The number of nitrogens with zero attached hydrogens (tertiary/aromatic N) is 1. The highest BCUT2D eigenvalue weighted by Gasteiger charge is 2.31. The second kappa shape index (κ2) is 9.97. The lowest BCUT2D eigenvalue weighted by Gasteiger charge is -2.22. The number of benzene rings is 1. The van der Waals surface area contributed by atoms with Gasteiger partial charge in [-0.2, -0.15) is 13.2 Å². The van der Waals surface area contributed by atoms with Gasteiger partial charge in [-0.1, -0.05) is 12.5 Å². The highest BCUT2D eigenvalue weighted by molar-refractivity contribution is 7.99. The van der Waals surface area contributed by atoms with Gasteiger partial charge in [-0.15, -0.1) is 18.3 Å². The largest absolute Gasteiger partial charge is 0.416 e. The third kappa shape index (κ3) is 6.72. The van der Waals surface area contributed by atoms with Crippen molar-refractivity contribution >= 4 is 23.6 Å². The van der Waals surface area contributed by atoms with Crippen LogP contribution in [0.2, 0.25) is 0 Å². The van der Waals surface area contributed by atoms with Crippen LogP contribution in [0, 0.1) is 5.92 Å². The molecule has 1 atom stereocenters. The number of halogens is 3. The summed E-state index contributed by atoms with van der Waals surface area (Å²) in [5.41, 5.74) is -0.666. The van der Waals surface area contributed by atoms with E-state index in [0.29, 0.717) is 12.3 Å². The van der Waals surface area contributed by atoms with Gasteiger partial charge in [0, 0.05) is 30.0 Å². The molecule has 1 fully saturated rings. The monoisotopic (exact) mass is 399 g/mol. The molecular weight excluding hydrogens is 375 g/mol. The van der Waals surface area contributed by atoms with Crippen LogP contribution >= 0.6 is 11.8 Å². The predicted octanol–water partition coefficient (Wildman–Crippen LogP) is 5.31. The number of amides is 2. The summed E-state index contributed by atoms with van der Waals surface area (Å²) in [5.74, 6) is 0.510. The van der Waals surface area contributed by atoms with Gasteiger partial charge in [0.15, 0.2) is 0 Å². The Morgan fingerprint density at radius 1 is 1.11 bits per heavy atom. The SMILES string of the molecule is C=CCCCCC(CSc1ccc(C(F)(F)F)cc1)CN1C(=O)CCC1=O. The third-order valence-corrected chi connectivity index (χ3v) is 5.78. The topological polar surface area (TPSA) is 37.4 Å². The Balaban J connectivity index is 1.94. The molecule has 1 aliphatic rings. The van der Waals surface area contributed by atoms with Crippen molar-refractivity contribution in [3.8, 4) is 0 Å². The maximum atomic E-state index is 12.7. The molecule has 0 bridgehead atoms. The molecule has 1 saturated heterocycles. The van der Waals surface area contributed by atoms with E-state index in [9.17, 15) is 22.8 Å². The molecule has 2 amide bonds. The minimum Gasteiger partial charge on any atom is -0.282 e. The molecule has 0 saturated carbocycles. The smallest absolute Gasteiger partial charge is 0.282 e. The van der Waals surface area contributed by atoms with E-state index in [0.717, 1.165) is 42.7 Å². The molecule has 0 radical (unpaired) electrons. The predicted molar refractivity (Wildman–Crippen MR) is 100 cm³/mol. The third-order valence-electron chi connectivity index (χ3n) is 4.53. The van der Waals surface area contributed by atoms with Gasteiger partial charge in [-0.05, 0) is 49.4 Å². The first kappa shape index (κ1) is 21.5. The average Bonchev–Trinajstić information content (AvgIpc) is 2.94. The summed E-state index contributed by atoms with van der Waals surface area (Å²) in [6, 6.07) is 5.09. The van der Waals surface area contributed by atoms with Crippen molar-refractivity contribution in [1.82, 2.24) is 4.90 Å². The number of allylic oxidation sites excluding steroid dienone is 1. The molecule has 7 heteroatoms. The molecule has 0 aliphatic carbocycles. The molecule has 1 aromatic carbocycles. The minimum absolute atomic E-state index is 0.119. The first-order valence-corrected chi connectivity index (χ1v) is 10.0. The molecule has 27 heavy (non-hydrogen) atoms. The van der Waals surface area contributed by atoms with Crippen molar-refractivity contribution in [3.05, 3.63) is 42.5 Å². The number of hydrogen-bond acceptors (Lipinski definition) is 3. The Kier molecular flexibility index (Phi) is 7.95. The number of alkyl halides is 3. The Morgan fingerprint density at radius 3 is 2.30 bits per heavy atom. The van der Waals surface area contributed by atoms with Gasteiger partial charge >= 0.3 is 6.18 Å². The summed E-state index contributed by atoms with van der Waals surface area (Å²) in [5, 5.41) is 0.